The van der Waals surface area contributed by atoms with Crippen molar-refractivity contribution in [2.24, 2.45) is 5.73 Å². The van der Waals surface area contributed by atoms with Gasteiger partial charge in [-0.15, -0.1) is 0 Å². The van der Waals surface area contributed by atoms with E-state index in [-0.39, 0.29) is 29.0 Å². The lowest BCUT2D eigenvalue weighted by Gasteiger charge is -2.30. The van der Waals surface area contributed by atoms with Gasteiger partial charge in [0.1, 0.15) is 0 Å². The number of rotatable bonds is 10. The zero-order chi connectivity index (χ0) is 23.0. The van der Waals surface area contributed by atoms with Crippen molar-refractivity contribution >= 4 is 17.6 Å². The summed E-state index contributed by atoms with van der Waals surface area (Å²) >= 11 is 0. The number of carbonyl (C=O) groups is 2. The first kappa shape index (κ1) is 24.1. The van der Waals surface area contributed by atoms with Gasteiger partial charge < -0.3 is 20.5 Å². The number of para-hydroxylation sites is 1. The largest absolute Gasteiger partial charge is 0.466 e. The summed E-state index contributed by atoms with van der Waals surface area (Å²) in [6, 6.07) is 6.05. The highest BCUT2D eigenvalue weighted by molar-refractivity contribution is 6.00. The maximum atomic E-state index is 13.0. The van der Waals surface area contributed by atoms with Gasteiger partial charge in [-0.05, 0) is 33.2 Å². The molecule has 0 bridgehead atoms. The van der Waals surface area contributed by atoms with Gasteiger partial charge in [0, 0.05) is 23.0 Å². The Morgan fingerprint density at radius 1 is 1.06 bits per heavy atom. The fraction of sp³-hybridized carbons (Fsp3) is 0.455. The highest BCUT2D eigenvalue weighted by atomic mass is 16.6. The Morgan fingerprint density at radius 3 is 2.29 bits per heavy atom. The lowest BCUT2D eigenvalue weighted by atomic mass is 9.79. The van der Waals surface area contributed by atoms with Crippen molar-refractivity contribution < 1.29 is 24.0 Å². The third-order valence-corrected chi connectivity index (χ3v) is 5.16. The van der Waals surface area contributed by atoms with Crippen molar-refractivity contribution in [2.45, 2.75) is 45.4 Å². The zero-order valence-corrected chi connectivity index (χ0v) is 18.1. The van der Waals surface area contributed by atoms with Gasteiger partial charge in [-0.1, -0.05) is 31.0 Å². The molecule has 3 N–H and O–H groups in total. The summed E-state index contributed by atoms with van der Waals surface area (Å²) in [5.41, 5.74) is 6.74. The van der Waals surface area contributed by atoms with E-state index in [4.69, 9.17) is 15.2 Å². The highest BCUT2D eigenvalue weighted by Crippen LogP contribution is 2.42. The van der Waals surface area contributed by atoms with E-state index in [2.05, 4.69) is 5.32 Å². The molecule has 1 unspecified atom stereocenters. The Balaban J connectivity index is 2.43. The molecule has 0 radical (unpaired) electrons. The number of dihydropyridines is 1. The molecule has 0 aliphatic carbocycles. The number of nitro benzene ring substituents is 1. The number of allylic oxidation sites excluding steroid dienone is 2. The minimum Gasteiger partial charge on any atom is -0.466 e. The average Bonchev–Trinajstić information content (AvgIpc) is 2.74. The van der Waals surface area contributed by atoms with E-state index >= 15 is 0 Å². The molecule has 0 saturated heterocycles. The van der Waals surface area contributed by atoms with Crippen LogP contribution in [0.25, 0.3) is 0 Å². The van der Waals surface area contributed by atoms with Gasteiger partial charge in [0.25, 0.3) is 5.69 Å². The Kier molecular flexibility index (Phi) is 8.75. The Morgan fingerprint density at radius 2 is 1.68 bits per heavy atom. The molecule has 31 heavy (non-hydrogen) atoms. The van der Waals surface area contributed by atoms with E-state index in [1.165, 1.54) is 25.3 Å². The van der Waals surface area contributed by atoms with Crippen LogP contribution in [0.5, 0.6) is 0 Å². The molecule has 0 amide bonds. The Hall–Kier alpha value is -3.20. The van der Waals surface area contributed by atoms with Crippen LogP contribution < -0.4 is 11.1 Å². The highest BCUT2D eigenvalue weighted by Gasteiger charge is 2.40. The molecular weight excluding hydrogens is 402 g/mol. The average molecular weight is 431 g/mol. The number of benzene rings is 1. The number of hydrogen-bond donors (Lipinski definition) is 2. The SMILES string of the molecule is COC(=O)C1=C(C)NC(C)=C(C(=O)OCCCCCCN)C1c1ccccc1[N+](=O)[O-]. The van der Waals surface area contributed by atoms with Crippen molar-refractivity contribution in [1.82, 2.24) is 5.32 Å². The van der Waals surface area contributed by atoms with Crippen LogP contribution in [0, 0.1) is 10.1 Å². The number of nitrogens with one attached hydrogen (secondary N) is 1. The third kappa shape index (κ3) is 5.69. The summed E-state index contributed by atoms with van der Waals surface area (Å²) in [7, 11) is 1.23. The van der Waals surface area contributed by atoms with Gasteiger partial charge >= 0.3 is 11.9 Å². The van der Waals surface area contributed by atoms with Gasteiger partial charge in [-0.25, -0.2) is 9.59 Å². The minimum atomic E-state index is -0.986. The summed E-state index contributed by atoms with van der Waals surface area (Å²) in [4.78, 5) is 36.8. The Bertz CT molecular complexity index is 906. The molecule has 1 aliphatic heterocycles. The predicted octanol–water partition coefficient (Wildman–Crippen LogP) is 3.06. The van der Waals surface area contributed by atoms with Gasteiger partial charge in [0.15, 0.2) is 0 Å². The van der Waals surface area contributed by atoms with Crippen LogP contribution in [0.1, 0.15) is 51.0 Å². The number of nitrogens with zero attached hydrogens (tertiary/aromatic N) is 1. The van der Waals surface area contributed by atoms with Crippen LogP contribution in [0.3, 0.4) is 0 Å². The molecule has 1 heterocycles. The molecule has 0 aromatic heterocycles. The molecule has 1 aromatic carbocycles. The third-order valence-electron chi connectivity index (χ3n) is 5.16. The first-order valence-corrected chi connectivity index (χ1v) is 10.2. The van der Waals surface area contributed by atoms with E-state index < -0.39 is 22.8 Å². The van der Waals surface area contributed by atoms with E-state index in [9.17, 15) is 19.7 Å². The normalized spacial score (nSPS) is 16.1. The number of ether oxygens (including phenoxy) is 2. The molecule has 0 fully saturated rings. The molecule has 168 valence electrons. The second-order valence-electron chi connectivity index (χ2n) is 7.28. The first-order valence-electron chi connectivity index (χ1n) is 10.2. The second-order valence-corrected chi connectivity index (χ2v) is 7.28. The molecule has 1 aromatic rings. The zero-order valence-electron chi connectivity index (χ0n) is 18.1. The lowest BCUT2D eigenvalue weighted by molar-refractivity contribution is -0.385. The lowest BCUT2D eigenvalue weighted by Crippen LogP contribution is -2.32. The monoisotopic (exact) mass is 431 g/mol. The predicted molar refractivity (Wildman–Crippen MR) is 115 cm³/mol. The number of unbranched alkanes of at least 4 members (excludes halogenated alkanes) is 3. The molecule has 1 atom stereocenters. The van der Waals surface area contributed by atoms with E-state index in [1.807, 2.05) is 0 Å². The van der Waals surface area contributed by atoms with E-state index in [0.717, 1.165) is 19.3 Å². The maximum Gasteiger partial charge on any atom is 0.336 e. The van der Waals surface area contributed by atoms with Crippen LogP contribution in [0.4, 0.5) is 5.69 Å². The molecule has 1 aliphatic rings. The number of nitro groups is 1. The number of hydrogen-bond acceptors (Lipinski definition) is 8. The number of carbonyl (C=O) groups excluding carboxylic acids is 2. The topological polar surface area (TPSA) is 134 Å². The summed E-state index contributed by atoms with van der Waals surface area (Å²) in [5, 5.41) is 14.7. The van der Waals surface area contributed by atoms with Crippen molar-refractivity contribution in [3.63, 3.8) is 0 Å². The van der Waals surface area contributed by atoms with Gasteiger partial charge in [0.05, 0.1) is 35.7 Å². The van der Waals surface area contributed by atoms with Crippen LogP contribution in [-0.4, -0.2) is 37.1 Å². The van der Waals surface area contributed by atoms with Crippen LogP contribution in [0.2, 0.25) is 0 Å². The Labute approximate surface area is 181 Å². The van der Waals surface area contributed by atoms with Crippen molar-refractivity contribution in [3.05, 3.63) is 62.5 Å². The van der Waals surface area contributed by atoms with Crippen LogP contribution in [-0.2, 0) is 19.1 Å². The number of methoxy groups -OCH3 is 1. The maximum absolute atomic E-state index is 13.0. The minimum absolute atomic E-state index is 0.136. The number of nitrogens with two attached hydrogens (primary N) is 1. The van der Waals surface area contributed by atoms with Crippen LogP contribution in [0.15, 0.2) is 46.8 Å². The summed E-state index contributed by atoms with van der Waals surface area (Å²) in [6.45, 7) is 4.17. The first-order chi connectivity index (χ1) is 14.8. The second kappa shape index (κ2) is 11.3. The van der Waals surface area contributed by atoms with Crippen LogP contribution >= 0.6 is 0 Å². The summed E-state index contributed by atoms with van der Waals surface area (Å²) in [6.07, 6.45) is 3.42. The van der Waals surface area contributed by atoms with Crippen molar-refractivity contribution in [1.29, 1.82) is 0 Å². The van der Waals surface area contributed by atoms with E-state index in [0.29, 0.717) is 24.4 Å². The van der Waals surface area contributed by atoms with Crippen molar-refractivity contribution in [3.8, 4) is 0 Å². The quantitative estimate of drug-likeness (QED) is 0.250. The number of esters is 2. The smallest absolute Gasteiger partial charge is 0.336 e. The van der Waals surface area contributed by atoms with Crippen molar-refractivity contribution in [2.75, 3.05) is 20.3 Å². The van der Waals surface area contributed by atoms with Gasteiger partial charge in [-0.3, -0.25) is 10.1 Å². The fourth-order valence-corrected chi connectivity index (χ4v) is 3.70. The molecular formula is C22H29N3O6. The molecule has 9 nitrogen and oxygen atoms in total. The summed E-state index contributed by atoms with van der Waals surface area (Å²) in [5.74, 6) is -2.28. The summed E-state index contributed by atoms with van der Waals surface area (Å²) < 4.78 is 10.4. The van der Waals surface area contributed by atoms with E-state index in [1.54, 1.807) is 19.9 Å². The standard InChI is InChI=1S/C22H29N3O6/c1-14-18(21(26)30-3)20(16-10-6-7-11-17(16)25(28)29)19(15(2)24-14)22(27)31-13-9-5-4-8-12-23/h6-7,10-11,20,24H,4-5,8-9,12-13,23H2,1-3H3. The van der Waals surface area contributed by atoms with Gasteiger partial charge in [-0.2, -0.15) is 0 Å². The van der Waals surface area contributed by atoms with Gasteiger partial charge in [0.2, 0.25) is 0 Å². The molecule has 2 rings (SSSR count). The molecule has 9 heteroatoms. The molecule has 0 saturated carbocycles. The molecule has 0 spiro atoms. The fourth-order valence-electron chi connectivity index (χ4n) is 3.70.